The first kappa shape index (κ1) is 11.8. The summed E-state index contributed by atoms with van der Waals surface area (Å²) >= 11 is 0. The monoisotopic (exact) mass is 204 g/mol. The van der Waals surface area contributed by atoms with Gasteiger partial charge < -0.3 is 4.74 Å². The van der Waals surface area contributed by atoms with E-state index in [-0.39, 0.29) is 0 Å². The van der Waals surface area contributed by atoms with E-state index < -0.39 is 0 Å². The van der Waals surface area contributed by atoms with Gasteiger partial charge in [-0.3, -0.25) is 0 Å². The lowest BCUT2D eigenvalue weighted by Gasteiger charge is -2.08. The summed E-state index contributed by atoms with van der Waals surface area (Å²) in [5.74, 6) is 1.01. The predicted molar refractivity (Wildman–Crippen MR) is 65.5 cm³/mol. The molecule has 82 valence electrons. The van der Waals surface area contributed by atoms with E-state index in [1.165, 1.54) is 16.7 Å². The van der Waals surface area contributed by atoms with Crippen LogP contribution in [0.2, 0.25) is 0 Å². The van der Waals surface area contributed by atoms with Gasteiger partial charge in [-0.1, -0.05) is 23.8 Å². The Balaban J connectivity index is 2.72. The first-order chi connectivity index (χ1) is 7.13. The Morgan fingerprint density at radius 3 is 2.67 bits per heavy atom. The molecule has 0 unspecified atom stereocenters. The lowest BCUT2D eigenvalue weighted by Crippen LogP contribution is -1.92. The second kappa shape index (κ2) is 5.59. The summed E-state index contributed by atoms with van der Waals surface area (Å²) in [5, 5.41) is 0. The van der Waals surface area contributed by atoms with Crippen LogP contribution in [-0.4, -0.2) is 7.11 Å². The van der Waals surface area contributed by atoms with Gasteiger partial charge in [0.25, 0.3) is 0 Å². The molecule has 15 heavy (non-hydrogen) atoms. The number of hydrogen-bond donors (Lipinski definition) is 0. The minimum absolute atomic E-state index is 1.01. The third kappa shape index (κ3) is 3.78. The Bertz CT molecular complexity index is 346. The molecule has 1 aromatic rings. The number of aryl methyl sites for hydroxylation is 2. The van der Waals surface area contributed by atoms with Crippen LogP contribution in [0.25, 0.3) is 0 Å². The quantitative estimate of drug-likeness (QED) is 0.676. The molecular formula is C14H20O. The molecule has 0 fully saturated rings. The lowest BCUT2D eigenvalue weighted by molar-refractivity contribution is 0.409. The summed E-state index contributed by atoms with van der Waals surface area (Å²) in [6.45, 7) is 6.35. The molecule has 0 saturated carbocycles. The molecule has 0 heterocycles. The fourth-order valence-corrected chi connectivity index (χ4v) is 1.57. The van der Waals surface area contributed by atoms with Crippen LogP contribution in [-0.2, 0) is 6.42 Å². The maximum atomic E-state index is 5.36. The van der Waals surface area contributed by atoms with Crippen LogP contribution in [0, 0.1) is 6.92 Å². The average molecular weight is 204 g/mol. The largest absolute Gasteiger partial charge is 0.496 e. The average Bonchev–Trinajstić information content (AvgIpc) is 2.19. The Hall–Kier alpha value is -1.24. The van der Waals surface area contributed by atoms with Crippen LogP contribution in [0.4, 0.5) is 0 Å². The van der Waals surface area contributed by atoms with Crippen molar-refractivity contribution in [3.05, 3.63) is 41.0 Å². The summed E-state index contributed by atoms with van der Waals surface area (Å²) in [7, 11) is 1.74. The zero-order valence-corrected chi connectivity index (χ0v) is 10.1. The second-order valence-corrected chi connectivity index (χ2v) is 4.14. The van der Waals surface area contributed by atoms with E-state index in [1.807, 2.05) is 0 Å². The molecule has 0 saturated heterocycles. The predicted octanol–water partition coefficient (Wildman–Crippen LogP) is 3.90. The Morgan fingerprint density at radius 1 is 1.33 bits per heavy atom. The van der Waals surface area contributed by atoms with E-state index in [9.17, 15) is 0 Å². The van der Waals surface area contributed by atoms with Crippen molar-refractivity contribution in [1.82, 2.24) is 0 Å². The van der Waals surface area contributed by atoms with Crippen molar-refractivity contribution in [3.8, 4) is 5.75 Å². The molecule has 1 nitrogen and oxygen atoms in total. The molecule has 0 aliphatic heterocycles. The number of methoxy groups -OCH3 is 1. The van der Waals surface area contributed by atoms with Crippen molar-refractivity contribution in [2.45, 2.75) is 33.6 Å². The summed E-state index contributed by atoms with van der Waals surface area (Å²) in [6, 6.07) is 6.39. The number of benzene rings is 1. The lowest BCUT2D eigenvalue weighted by atomic mass is 10.1. The Kier molecular flexibility index (Phi) is 4.41. The van der Waals surface area contributed by atoms with E-state index in [0.717, 1.165) is 18.6 Å². The molecule has 0 radical (unpaired) electrons. The maximum Gasteiger partial charge on any atom is 0.122 e. The van der Waals surface area contributed by atoms with E-state index in [2.05, 4.69) is 45.0 Å². The first-order valence-corrected chi connectivity index (χ1v) is 5.40. The van der Waals surface area contributed by atoms with Crippen molar-refractivity contribution >= 4 is 0 Å². The highest BCUT2D eigenvalue weighted by Gasteiger charge is 2.01. The van der Waals surface area contributed by atoms with Gasteiger partial charge in [0, 0.05) is 0 Å². The van der Waals surface area contributed by atoms with E-state index in [1.54, 1.807) is 7.11 Å². The normalized spacial score (nSPS) is 9.87. The molecule has 0 bridgehead atoms. The number of rotatable bonds is 4. The van der Waals surface area contributed by atoms with Gasteiger partial charge in [0.1, 0.15) is 5.75 Å². The molecule has 0 atom stereocenters. The highest BCUT2D eigenvalue weighted by Crippen LogP contribution is 2.21. The third-order valence-corrected chi connectivity index (χ3v) is 2.41. The fourth-order valence-electron chi connectivity index (χ4n) is 1.57. The zero-order chi connectivity index (χ0) is 11.3. The topological polar surface area (TPSA) is 9.23 Å². The molecule has 0 spiro atoms. The first-order valence-electron chi connectivity index (χ1n) is 5.40. The SMILES string of the molecule is COc1cc(C)ccc1CCC=C(C)C. The van der Waals surface area contributed by atoms with Crippen molar-refractivity contribution < 1.29 is 4.74 Å². The minimum Gasteiger partial charge on any atom is -0.496 e. The second-order valence-electron chi connectivity index (χ2n) is 4.14. The van der Waals surface area contributed by atoms with Crippen LogP contribution < -0.4 is 4.74 Å². The van der Waals surface area contributed by atoms with Gasteiger partial charge >= 0.3 is 0 Å². The maximum absolute atomic E-state index is 5.36. The van der Waals surface area contributed by atoms with Crippen LogP contribution in [0.3, 0.4) is 0 Å². The molecule has 0 aliphatic rings. The van der Waals surface area contributed by atoms with Crippen LogP contribution >= 0.6 is 0 Å². The van der Waals surface area contributed by atoms with Gasteiger partial charge in [-0.15, -0.1) is 0 Å². The molecule has 1 heteroatoms. The number of ether oxygens (including phenoxy) is 1. The van der Waals surface area contributed by atoms with Crippen molar-refractivity contribution in [1.29, 1.82) is 0 Å². The highest BCUT2D eigenvalue weighted by molar-refractivity contribution is 5.37. The van der Waals surface area contributed by atoms with E-state index >= 15 is 0 Å². The third-order valence-electron chi connectivity index (χ3n) is 2.41. The molecule has 0 aliphatic carbocycles. The van der Waals surface area contributed by atoms with Gasteiger partial charge in [-0.25, -0.2) is 0 Å². The smallest absolute Gasteiger partial charge is 0.122 e. The van der Waals surface area contributed by atoms with Gasteiger partial charge in [0.15, 0.2) is 0 Å². The number of hydrogen-bond acceptors (Lipinski definition) is 1. The summed E-state index contributed by atoms with van der Waals surface area (Å²) in [4.78, 5) is 0. The Morgan fingerprint density at radius 2 is 2.07 bits per heavy atom. The molecule has 1 aromatic carbocycles. The van der Waals surface area contributed by atoms with Crippen LogP contribution in [0.1, 0.15) is 31.4 Å². The molecule has 0 N–H and O–H groups in total. The summed E-state index contributed by atoms with van der Waals surface area (Å²) in [5.41, 5.74) is 3.92. The van der Waals surface area contributed by atoms with Gasteiger partial charge in [-0.05, 0) is 50.8 Å². The van der Waals surface area contributed by atoms with Gasteiger partial charge in [-0.2, -0.15) is 0 Å². The minimum atomic E-state index is 1.01. The van der Waals surface area contributed by atoms with Crippen molar-refractivity contribution in [3.63, 3.8) is 0 Å². The van der Waals surface area contributed by atoms with Crippen molar-refractivity contribution in [2.24, 2.45) is 0 Å². The number of allylic oxidation sites excluding steroid dienone is 2. The van der Waals surface area contributed by atoms with Gasteiger partial charge in [0.05, 0.1) is 7.11 Å². The molecule has 0 amide bonds. The van der Waals surface area contributed by atoms with Gasteiger partial charge in [0.2, 0.25) is 0 Å². The van der Waals surface area contributed by atoms with Crippen molar-refractivity contribution in [2.75, 3.05) is 7.11 Å². The summed E-state index contributed by atoms with van der Waals surface area (Å²) < 4.78 is 5.36. The van der Waals surface area contributed by atoms with E-state index in [0.29, 0.717) is 0 Å². The van der Waals surface area contributed by atoms with Crippen LogP contribution in [0.5, 0.6) is 5.75 Å². The fraction of sp³-hybridized carbons (Fsp3) is 0.429. The molecule has 0 aromatic heterocycles. The van der Waals surface area contributed by atoms with E-state index in [4.69, 9.17) is 4.74 Å². The summed E-state index contributed by atoms with van der Waals surface area (Å²) in [6.07, 6.45) is 4.40. The highest BCUT2D eigenvalue weighted by atomic mass is 16.5. The standard InChI is InChI=1S/C14H20O/c1-11(2)6-5-7-13-9-8-12(3)10-14(13)15-4/h6,8-10H,5,7H2,1-4H3. The molecule has 1 rings (SSSR count). The Labute approximate surface area is 92.8 Å². The van der Waals surface area contributed by atoms with Crippen LogP contribution in [0.15, 0.2) is 29.8 Å². The molecular weight excluding hydrogens is 184 g/mol. The zero-order valence-electron chi connectivity index (χ0n) is 10.1.